The fourth-order valence-electron chi connectivity index (χ4n) is 2.21. The van der Waals surface area contributed by atoms with Crippen LogP contribution in [0.1, 0.15) is 16.7 Å². The number of aromatic nitrogens is 1. The van der Waals surface area contributed by atoms with Crippen LogP contribution in [0.3, 0.4) is 0 Å². The first-order valence-electron chi connectivity index (χ1n) is 7.01. The van der Waals surface area contributed by atoms with Crippen LogP contribution in [0.25, 0.3) is 0 Å². The van der Waals surface area contributed by atoms with Gasteiger partial charge in [0.1, 0.15) is 23.1 Å². The maximum Gasteiger partial charge on any atom is 0.298 e. The predicted octanol–water partition coefficient (Wildman–Crippen LogP) is 1.94. The molecule has 1 heterocycles. The average molecular weight is 342 g/mol. The number of nitro benzene ring substituents is 1. The second-order valence-corrected chi connectivity index (χ2v) is 5.08. The van der Waals surface area contributed by atoms with Crippen molar-refractivity contribution in [2.45, 2.75) is 6.92 Å². The maximum atomic E-state index is 11.9. The largest absolute Gasteiger partial charge is 0.496 e. The number of aromatic hydroxyl groups is 1. The zero-order valence-corrected chi connectivity index (χ0v) is 13.7. The first-order chi connectivity index (χ1) is 11.8. The lowest BCUT2D eigenvalue weighted by Gasteiger charge is -2.09. The van der Waals surface area contributed by atoms with Gasteiger partial charge in [-0.3, -0.25) is 19.5 Å². The van der Waals surface area contributed by atoms with Gasteiger partial charge in [-0.15, -0.1) is 0 Å². The molecule has 9 nitrogen and oxygen atoms in total. The van der Waals surface area contributed by atoms with Gasteiger partial charge in [0, 0.05) is 13.3 Å². The fourth-order valence-corrected chi connectivity index (χ4v) is 2.21. The summed E-state index contributed by atoms with van der Waals surface area (Å²) in [6.45, 7) is 1.49. The Morgan fingerprint density at radius 2 is 2.16 bits per heavy atom. The summed E-state index contributed by atoms with van der Waals surface area (Å²) >= 11 is 0. The van der Waals surface area contributed by atoms with E-state index in [9.17, 15) is 20.0 Å². The summed E-state index contributed by atoms with van der Waals surface area (Å²) in [6.07, 6.45) is 1.18. The summed E-state index contributed by atoms with van der Waals surface area (Å²) in [4.78, 5) is 26.5. The number of nitro groups is 1. The number of pyridine rings is 1. The van der Waals surface area contributed by atoms with E-state index >= 15 is 0 Å². The number of rotatable bonds is 4. The molecule has 1 aromatic heterocycles. The second kappa shape index (κ2) is 6.84. The van der Waals surface area contributed by atoms with E-state index in [1.807, 2.05) is 0 Å². The Hall–Kier alpha value is -3.67. The lowest BCUT2D eigenvalue weighted by Crippen LogP contribution is -2.22. The monoisotopic (exact) mass is 342 g/mol. The van der Waals surface area contributed by atoms with Crippen molar-refractivity contribution in [1.82, 2.24) is 4.57 Å². The van der Waals surface area contributed by atoms with Crippen LogP contribution in [-0.4, -0.2) is 27.9 Å². The zero-order valence-electron chi connectivity index (χ0n) is 13.7. The number of hydrogen-bond donors (Lipinski definition) is 1. The molecule has 0 aliphatic rings. The van der Waals surface area contributed by atoms with Crippen molar-refractivity contribution in [2.75, 3.05) is 7.11 Å². The van der Waals surface area contributed by atoms with E-state index in [0.29, 0.717) is 5.75 Å². The van der Waals surface area contributed by atoms with Gasteiger partial charge in [-0.25, -0.2) is 4.99 Å². The van der Waals surface area contributed by atoms with Gasteiger partial charge in [0.25, 0.3) is 11.2 Å². The first-order valence-corrected chi connectivity index (χ1v) is 7.01. The van der Waals surface area contributed by atoms with Gasteiger partial charge >= 0.3 is 0 Å². The topological polar surface area (TPSA) is 131 Å². The predicted molar refractivity (Wildman–Crippen MR) is 89.7 cm³/mol. The van der Waals surface area contributed by atoms with Crippen molar-refractivity contribution in [1.29, 1.82) is 5.26 Å². The molecule has 0 aliphatic carbocycles. The van der Waals surface area contributed by atoms with Crippen molar-refractivity contribution in [3.8, 4) is 17.7 Å². The van der Waals surface area contributed by atoms with Crippen LogP contribution in [0, 0.1) is 28.4 Å². The van der Waals surface area contributed by atoms with Gasteiger partial charge in [0.15, 0.2) is 0 Å². The molecule has 128 valence electrons. The molecule has 1 N–H and O–H groups in total. The van der Waals surface area contributed by atoms with Crippen molar-refractivity contribution in [2.24, 2.45) is 12.0 Å². The van der Waals surface area contributed by atoms with Crippen molar-refractivity contribution in [3.63, 3.8) is 0 Å². The van der Waals surface area contributed by atoms with Crippen LogP contribution in [0.5, 0.6) is 11.6 Å². The van der Waals surface area contributed by atoms with Gasteiger partial charge in [-0.05, 0) is 24.6 Å². The molecule has 1 aromatic carbocycles. The van der Waals surface area contributed by atoms with Crippen LogP contribution >= 0.6 is 0 Å². The smallest absolute Gasteiger partial charge is 0.298 e. The van der Waals surface area contributed by atoms with Crippen molar-refractivity contribution in [3.05, 3.63) is 55.4 Å². The molecule has 0 radical (unpaired) electrons. The normalized spacial score (nSPS) is 10.6. The number of nitriles is 1. The highest BCUT2D eigenvalue weighted by Gasteiger charge is 2.17. The molecule has 0 atom stereocenters. The minimum Gasteiger partial charge on any atom is -0.496 e. The minimum atomic E-state index is -0.634. The SMILES string of the molecule is COc1ccc(N=Cc2c(C)c(C#N)c(=O)n(C)c2O)c([N+](=O)[O-])c1. The molecular formula is C16H14N4O5. The number of hydrogen-bond acceptors (Lipinski definition) is 7. The van der Waals surface area contributed by atoms with Gasteiger partial charge < -0.3 is 9.84 Å². The molecule has 0 saturated heterocycles. The Bertz CT molecular complexity index is 985. The van der Waals surface area contributed by atoms with Crippen molar-refractivity contribution >= 4 is 17.6 Å². The molecule has 25 heavy (non-hydrogen) atoms. The molecule has 0 aliphatic heterocycles. The quantitative estimate of drug-likeness (QED) is 0.513. The number of methoxy groups -OCH3 is 1. The Labute approximate surface area is 142 Å². The van der Waals surface area contributed by atoms with Crippen LogP contribution in [0.4, 0.5) is 11.4 Å². The second-order valence-electron chi connectivity index (χ2n) is 5.08. The maximum absolute atomic E-state index is 11.9. The number of ether oxygens (including phenoxy) is 1. The molecule has 9 heteroatoms. The van der Waals surface area contributed by atoms with Gasteiger partial charge in [0.05, 0.1) is 23.7 Å². The van der Waals surface area contributed by atoms with Gasteiger partial charge in [0.2, 0.25) is 5.88 Å². The van der Waals surface area contributed by atoms with E-state index in [4.69, 9.17) is 10.00 Å². The summed E-state index contributed by atoms with van der Waals surface area (Å²) in [5.41, 5.74) is -0.641. The molecule has 0 bridgehead atoms. The van der Waals surface area contributed by atoms with E-state index < -0.39 is 10.5 Å². The highest BCUT2D eigenvalue weighted by atomic mass is 16.6. The standard InChI is InChI=1S/C16H14N4O5/c1-9-11(7-17)15(21)19(2)16(22)12(9)8-18-13-5-4-10(25-3)6-14(13)20(23)24/h4-6,8,22H,1-3H3. The molecule has 2 aromatic rings. The van der Waals surface area contributed by atoms with Crippen LogP contribution in [0.2, 0.25) is 0 Å². The Kier molecular flexibility index (Phi) is 4.84. The molecule has 0 amide bonds. The molecule has 0 spiro atoms. The van der Waals surface area contributed by atoms with Crippen LogP contribution < -0.4 is 10.3 Å². The summed E-state index contributed by atoms with van der Waals surface area (Å²) in [5.74, 6) is -0.0834. The van der Waals surface area contributed by atoms with E-state index in [0.717, 1.165) is 4.57 Å². The lowest BCUT2D eigenvalue weighted by atomic mass is 10.1. The molecule has 0 fully saturated rings. The Balaban J connectivity index is 2.62. The Morgan fingerprint density at radius 3 is 2.72 bits per heavy atom. The van der Waals surface area contributed by atoms with E-state index in [-0.39, 0.29) is 33.9 Å². The third-order valence-electron chi connectivity index (χ3n) is 3.68. The minimum absolute atomic E-state index is 0.0389. The highest BCUT2D eigenvalue weighted by molar-refractivity contribution is 5.88. The molecular weight excluding hydrogens is 328 g/mol. The first kappa shape index (κ1) is 17.7. The fraction of sp³-hybridized carbons (Fsp3) is 0.188. The van der Waals surface area contributed by atoms with E-state index in [1.54, 1.807) is 6.07 Å². The summed E-state index contributed by atoms with van der Waals surface area (Å²) in [7, 11) is 2.70. The van der Waals surface area contributed by atoms with E-state index in [2.05, 4.69) is 4.99 Å². The lowest BCUT2D eigenvalue weighted by molar-refractivity contribution is -0.384. The number of nitrogens with zero attached hydrogens (tertiary/aromatic N) is 4. The third kappa shape index (κ3) is 3.18. The summed E-state index contributed by atoms with van der Waals surface area (Å²) in [6, 6.07) is 5.91. The zero-order chi connectivity index (χ0) is 18.7. The highest BCUT2D eigenvalue weighted by Crippen LogP contribution is 2.31. The number of benzene rings is 1. The summed E-state index contributed by atoms with van der Waals surface area (Å²) < 4.78 is 5.86. The van der Waals surface area contributed by atoms with Gasteiger partial charge in [-0.1, -0.05) is 0 Å². The number of aliphatic imine (C=N–C) groups is 1. The Morgan fingerprint density at radius 1 is 1.48 bits per heavy atom. The molecule has 0 unspecified atom stereocenters. The van der Waals surface area contributed by atoms with Crippen LogP contribution in [-0.2, 0) is 7.05 Å². The summed E-state index contributed by atoms with van der Waals surface area (Å²) in [5, 5.41) is 30.4. The van der Waals surface area contributed by atoms with Crippen molar-refractivity contribution < 1.29 is 14.8 Å². The van der Waals surface area contributed by atoms with E-state index in [1.165, 1.54) is 45.5 Å². The van der Waals surface area contributed by atoms with Gasteiger partial charge in [-0.2, -0.15) is 5.26 Å². The van der Waals surface area contributed by atoms with Crippen LogP contribution in [0.15, 0.2) is 28.0 Å². The third-order valence-corrected chi connectivity index (χ3v) is 3.68. The average Bonchev–Trinajstić information content (AvgIpc) is 2.60. The molecule has 2 rings (SSSR count). The molecule has 0 saturated carbocycles.